The summed E-state index contributed by atoms with van der Waals surface area (Å²) in [6.07, 6.45) is 0. The summed E-state index contributed by atoms with van der Waals surface area (Å²) in [5.41, 5.74) is 0. The fraction of sp³-hybridized carbons (Fsp3) is 1.00. The van der Waals surface area contributed by atoms with Crippen LogP contribution in [-0.2, 0) is 4.74 Å². The number of hydrogen-bond donors (Lipinski definition) is 0. The summed E-state index contributed by atoms with van der Waals surface area (Å²) in [6.45, 7) is 0.640. The second kappa shape index (κ2) is 7.31. The first-order valence-corrected chi connectivity index (χ1v) is 5.78. The zero-order valence-electron chi connectivity index (χ0n) is 3.99. The maximum Gasteiger partial charge on any atom is 0.532 e. The molecule has 4 heteroatoms. The van der Waals surface area contributed by atoms with Gasteiger partial charge in [-0.15, -0.1) is 11.6 Å². The van der Waals surface area contributed by atoms with Crippen molar-refractivity contribution in [2.24, 2.45) is 0 Å². The van der Waals surface area contributed by atoms with Crippen LogP contribution in [0.4, 0.5) is 0 Å². The lowest BCUT2D eigenvalue weighted by atomic mass is 10.9. The number of ether oxygens (including phenoxy) is 1. The largest absolute Gasteiger partial charge is 0.532 e. The number of alkyl halides is 1. The van der Waals surface area contributed by atoms with E-state index < -0.39 is 19.3 Å². The van der Waals surface area contributed by atoms with Crippen molar-refractivity contribution >= 4 is 39.9 Å². The van der Waals surface area contributed by atoms with Gasteiger partial charge in [0, 0.05) is 5.88 Å². The third kappa shape index (κ3) is 7.31. The Morgan fingerprint density at radius 3 is 2.71 bits per heavy atom. The van der Waals surface area contributed by atoms with Crippen LogP contribution in [0.2, 0.25) is 0 Å². The van der Waals surface area contributed by atoms with Crippen LogP contribution >= 0.6 is 20.7 Å². The number of hydrogen-bond acceptors (Lipinski definition) is 1. The summed E-state index contributed by atoms with van der Waals surface area (Å²) in [4.78, 5) is 0. The maximum atomic E-state index is 5.41. The summed E-state index contributed by atoms with van der Waals surface area (Å²) >= 11 is 4.87. The molecule has 7 heavy (non-hydrogen) atoms. The minimum absolute atomic E-state index is 0.415. The van der Waals surface area contributed by atoms with Gasteiger partial charge in [-0.25, -0.2) is 0 Å². The molecule has 0 aromatic heterocycles. The molecule has 0 radical (unpaired) electrons. The Morgan fingerprint density at radius 2 is 2.29 bits per heavy atom. The van der Waals surface area contributed by atoms with E-state index in [0.717, 1.165) is 4.74 Å². The van der Waals surface area contributed by atoms with Crippen LogP contribution < -0.4 is 0 Å². The lowest BCUT2D eigenvalue weighted by Crippen LogP contribution is -2.00. The SMILES string of the molecule is ClCCO[CH2][Mg][Cl]. The highest BCUT2D eigenvalue weighted by Gasteiger charge is 1.87. The molecule has 0 amide bonds. The molecule has 0 fully saturated rings. The van der Waals surface area contributed by atoms with Crippen molar-refractivity contribution in [3.05, 3.63) is 0 Å². The van der Waals surface area contributed by atoms with Crippen LogP contribution in [0.25, 0.3) is 0 Å². The van der Waals surface area contributed by atoms with Crippen molar-refractivity contribution in [1.82, 2.24) is 0 Å². The lowest BCUT2D eigenvalue weighted by molar-refractivity contribution is 0.196. The second-order valence-corrected chi connectivity index (χ2v) is 3.29. The zero-order valence-corrected chi connectivity index (χ0v) is 6.92. The average molecular weight is 153 g/mol. The Bertz CT molecular complexity index is 32.1. The van der Waals surface area contributed by atoms with Gasteiger partial charge < -0.3 is 13.8 Å². The van der Waals surface area contributed by atoms with Crippen molar-refractivity contribution in [3.8, 4) is 0 Å². The molecule has 40 valence electrons. The smallest absolute Gasteiger partial charge is 0.406 e. The van der Waals surface area contributed by atoms with Crippen molar-refractivity contribution in [1.29, 1.82) is 0 Å². The quantitative estimate of drug-likeness (QED) is 0.333. The second-order valence-electron chi connectivity index (χ2n) is 0.990. The van der Waals surface area contributed by atoms with Crippen LogP contribution in [-0.4, -0.2) is 36.5 Å². The van der Waals surface area contributed by atoms with Crippen LogP contribution in [0.1, 0.15) is 0 Å². The summed E-state index contributed by atoms with van der Waals surface area (Å²) in [7, 11) is 5.41. The van der Waals surface area contributed by atoms with E-state index in [0.29, 0.717) is 12.5 Å². The fourth-order valence-electron chi connectivity index (χ4n) is 0.211. The van der Waals surface area contributed by atoms with Crippen LogP contribution in [0.3, 0.4) is 0 Å². The van der Waals surface area contributed by atoms with Gasteiger partial charge >= 0.3 is 19.3 Å². The standard InChI is InChI=1S/C3H6ClO.ClH.Mg/c1-5-3-2-4;;/h1-3H2;1H;/q;;+1/p-1. The van der Waals surface area contributed by atoms with Gasteiger partial charge in [0.15, 0.2) is 0 Å². The molecule has 0 atom stereocenters. The van der Waals surface area contributed by atoms with Crippen LogP contribution in [0.5, 0.6) is 0 Å². The van der Waals surface area contributed by atoms with E-state index in [-0.39, 0.29) is 0 Å². The summed E-state index contributed by atoms with van der Waals surface area (Å²) < 4.78 is 5.67. The molecule has 0 aromatic rings. The van der Waals surface area contributed by atoms with E-state index in [1.807, 2.05) is 0 Å². The molecule has 0 N–H and O–H groups in total. The monoisotopic (exact) mass is 152 g/mol. The first-order valence-electron chi connectivity index (χ1n) is 2.11. The minimum Gasteiger partial charge on any atom is -0.406 e. The first-order chi connectivity index (χ1) is 3.41. The Hall–Kier alpha value is 1.31. The van der Waals surface area contributed by atoms with Crippen LogP contribution in [0.15, 0.2) is 0 Å². The first kappa shape index (κ1) is 8.31. The topological polar surface area (TPSA) is 9.23 Å². The molecule has 0 unspecified atom stereocenters. The number of halogens is 2. The highest BCUT2D eigenvalue weighted by molar-refractivity contribution is 6.93. The molecule has 0 aliphatic rings. The maximum absolute atomic E-state index is 5.41. The predicted octanol–water partition coefficient (Wildman–Crippen LogP) is 1.06. The van der Waals surface area contributed by atoms with Crippen LogP contribution in [0, 0.1) is 0 Å². The van der Waals surface area contributed by atoms with E-state index >= 15 is 0 Å². The fourth-order valence-corrected chi connectivity index (χ4v) is 0.961. The van der Waals surface area contributed by atoms with Gasteiger partial charge in [-0.1, -0.05) is 0 Å². The molecule has 0 aliphatic heterocycles. The normalized spacial score (nSPS) is 8.29. The third-order valence-electron chi connectivity index (χ3n) is 0.443. The van der Waals surface area contributed by atoms with Gasteiger partial charge in [-0.3, -0.25) is 0 Å². The minimum atomic E-state index is -0.415. The summed E-state index contributed by atoms with van der Waals surface area (Å²) in [5, 5.41) is 0. The Morgan fingerprint density at radius 1 is 1.57 bits per heavy atom. The molecular formula is C3H6Cl2MgO. The van der Waals surface area contributed by atoms with E-state index in [2.05, 4.69) is 0 Å². The highest BCUT2D eigenvalue weighted by Crippen LogP contribution is 1.78. The third-order valence-corrected chi connectivity index (χ3v) is 1.50. The van der Waals surface area contributed by atoms with Gasteiger partial charge in [-0.05, 0) is 4.74 Å². The van der Waals surface area contributed by atoms with E-state index in [4.69, 9.17) is 25.4 Å². The molecule has 0 saturated heterocycles. The van der Waals surface area contributed by atoms with E-state index in [1.165, 1.54) is 0 Å². The summed E-state index contributed by atoms with van der Waals surface area (Å²) in [6, 6.07) is 0. The Balaban J connectivity index is 2.45. The highest BCUT2D eigenvalue weighted by atomic mass is 35.5. The molecular weight excluding hydrogens is 147 g/mol. The van der Waals surface area contributed by atoms with E-state index in [9.17, 15) is 0 Å². The molecule has 0 heterocycles. The van der Waals surface area contributed by atoms with Gasteiger partial charge in [0.2, 0.25) is 0 Å². The molecule has 0 rings (SSSR count). The average Bonchev–Trinajstić information content (AvgIpc) is 1.69. The lowest BCUT2D eigenvalue weighted by Gasteiger charge is -1.93. The molecule has 0 saturated carbocycles. The number of rotatable bonds is 4. The van der Waals surface area contributed by atoms with Crippen molar-refractivity contribution in [2.45, 2.75) is 0 Å². The van der Waals surface area contributed by atoms with Crippen molar-refractivity contribution in [2.75, 3.05) is 17.2 Å². The molecule has 0 aromatic carbocycles. The Kier molecular flexibility index (Phi) is 8.67. The Labute approximate surface area is 61.8 Å². The predicted molar refractivity (Wildman–Crippen MR) is 33.1 cm³/mol. The molecule has 1 nitrogen and oxygen atoms in total. The zero-order chi connectivity index (χ0) is 5.54. The van der Waals surface area contributed by atoms with Gasteiger partial charge in [0.25, 0.3) is 0 Å². The van der Waals surface area contributed by atoms with E-state index in [1.54, 1.807) is 0 Å². The molecule has 0 spiro atoms. The van der Waals surface area contributed by atoms with Gasteiger partial charge in [-0.2, -0.15) is 0 Å². The molecule has 0 bridgehead atoms. The van der Waals surface area contributed by atoms with Crippen molar-refractivity contribution < 1.29 is 4.74 Å². The summed E-state index contributed by atoms with van der Waals surface area (Å²) in [5.74, 6) is 0.575. The van der Waals surface area contributed by atoms with Gasteiger partial charge in [0.1, 0.15) is 0 Å². The van der Waals surface area contributed by atoms with Gasteiger partial charge in [0.05, 0.1) is 6.61 Å². The van der Waals surface area contributed by atoms with Crippen molar-refractivity contribution in [3.63, 3.8) is 0 Å². The molecule has 0 aliphatic carbocycles.